The van der Waals surface area contributed by atoms with Crippen LogP contribution in [0.4, 0.5) is 0 Å². The van der Waals surface area contributed by atoms with Crippen LogP contribution in [0.15, 0.2) is 24.3 Å². The van der Waals surface area contributed by atoms with E-state index in [2.05, 4.69) is 19.2 Å². The highest BCUT2D eigenvalue weighted by Crippen LogP contribution is 2.12. The number of rotatable bonds is 7. The van der Waals surface area contributed by atoms with E-state index in [1.54, 1.807) is 0 Å². The van der Waals surface area contributed by atoms with E-state index in [4.69, 9.17) is 4.74 Å². The normalized spacial score (nSPS) is 12.3. The fourth-order valence-electron chi connectivity index (χ4n) is 1.87. The van der Waals surface area contributed by atoms with Crippen LogP contribution in [0.3, 0.4) is 0 Å². The van der Waals surface area contributed by atoms with Crippen LogP contribution in [0, 0.1) is 12.8 Å². The van der Waals surface area contributed by atoms with Gasteiger partial charge in [-0.15, -0.1) is 0 Å². The molecule has 0 spiro atoms. The third-order valence-corrected chi connectivity index (χ3v) is 2.70. The fourth-order valence-corrected chi connectivity index (χ4v) is 1.87. The lowest BCUT2D eigenvalue weighted by atomic mass is 10.0. The van der Waals surface area contributed by atoms with E-state index < -0.39 is 0 Å². The summed E-state index contributed by atoms with van der Waals surface area (Å²) < 4.78 is 5.41. The SMILES string of the molecule is Cc1cccc(OCC(=O)NC(CO)CC(C)C)c1. The third-order valence-electron chi connectivity index (χ3n) is 2.70. The molecule has 2 N–H and O–H groups in total. The van der Waals surface area contributed by atoms with Gasteiger partial charge in [-0.3, -0.25) is 4.79 Å². The number of ether oxygens (including phenoxy) is 1. The summed E-state index contributed by atoms with van der Waals surface area (Å²) in [5, 5.41) is 12.0. The first kappa shape index (κ1) is 15.5. The maximum Gasteiger partial charge on any atom is 0.258 e. The van der Waals surface area contributed by atoms with Crippen LogP contribution in [0.25, 0.3) is 0 Å². The molecular weight excluding hydrogens is 242 g/mol. The summed E-state index contributed by atoms with van der Waals surface area (Å²) in [6, 6.07) is 7.35. The van der Waals surface area contributed by atoms with Gasteiger partial charge in [-0.05, 0) is 37.0 Å². The minimum Gasteiger partial charge on any atom is -0.484 e. The van der Waals surface area contributed by atoms with Crippen LogP contribution in [0.1, 0.15) is 25.8 Å². The van der Waals surface area contributed by atoms with Gasteiger partial charge in [-0.1, -0.05) is 26.0 Å². The minimum atomic E-state index is -0.207. The van der Waals surface area contributed by atoms with Crippen LogP contribution in [0.5, 0.6) is 5.75 Å². The number of aryl methyl sites for hydroxylation is 1. The highest BCUT2D eigenvalue weighted by atomic mass is 16.5. The van der Waals surface area contributed by atoms with Gasteiger partial charge in [-0.2, -0.15) is 0 Å². The highest BCUT2D eigenvalue weighted by molar-refractivity contribution is 5.77. The van der Waals surface area contributed by atoms with Crippen LogP contribution in [0.2, 0.25) is 0 Å². The Balaban J connectivity index is 2.38. The van der Waals surface area contributed by atoms with E-state index in [-0.39, 0.29) is 25.2 Å². The Morgan fingerprint density at radius 2 is 2.16 bits per heavy atom. The first-order valence-electron chi connectivity index (χ1n) is 6.61. The number of aliphatic hydroxyl groups is 1. The molecule has 0 aliphatic carbocycles. The van der Waals surface area contributed by atoms with Crippen molar-refractivity contribution >= 4 is 5.91 Å². The average molecular weight is 265 g/mol. The lowest BCUT2D eigenvalue weighted by Crippen LogP contribution is -2.40. The quantitative estimate of drug-likeness (QED) is 0.791. The Morgan fingerprint density at radius 1 is 1.42 bits per heavy atom. The summed E-state index contributed by atoms with van der Waals surface area (Å²) in [4.78, 5) is 11.7. The second-order valence-electron chi connectivity index (χ2n) is 5.18. The molecule has 4 heteroatoms. The van der Waals surface area contributed by atoms with Crippen molar-refractivity contribution in [2.45, 2.75) is 33.2 Å². The van der Waals surface area contributed by atoms with Gasteiger partial charge in [0.05, 0.1) is 12.6 Å². The molecule has 1 aromatic carbocycles. The topological polar surface area (TPSA) is 58.6 Å². The maximum atomic E-state index is 11.7. The monoisotopic (exact) mass is 265 g/mol. The molecular formula is C15H23NO3. The molecule has 1 atom stereocenters. The Morgan fingerprint density at radius 3 is 2.74 bits per heavy atom. The average Bonchev–Trinajstić information content (AvgIpc) is 2.35. The van der Waals surface area contributed by atoms with Crippen molar-refractivity contribution < 1.29 is 14.6 Å². The van der Waals surface area contributed by atoms with Crippen molar-refractivity contribution in [3.8, 4) is 5.75 Å². The Bertz CT molecular complexity index is 404. The zero-order valence-electron chi connectivity index (χ0n) is 11.8. The molecule has 0 radical (unpaired) electrons. The highest BCUT2D eigenvalue weighted by Gasteiger charge is 2.13. The summed E-state index contributed by atoms with van der Waals surface area (Å²) in [6.45, 7) is 6.00. The molecule has 0 aromatic heterocycles. The molecule has 0 aliphatic heterocycles. The standard InChI is InChI=1S/C15H23NO3/c1-11(2)7-13(9-17)16-15(18)10-19-14-6-4-5-12(3)8-14/h4-6,8,11,13,17H,7,9-10H2,1-3H3,(H,16,18). The number of carbonyl (C=O) groups excluding carboxylic acids is 1. The Labute approximate surface area is 114 Å². The predicted octanol–water partition coefficient (Wildman–Crippen LogP) is 1.90. The van der Waals surface area contributed by atoms with Gasteiger partial charge in [0.1, 0.15) is 5.75 Å². The van der Waals surface area contributed by atoms with Gasteiger partial charge in [0.2, 0.25) is 0 Å². The smallest absolute Gasteiger partial charge is 0.258 e. The van der Waals surface area contributed by atoms with E-state index in [9.17, 15) is 9.90 Å². The molecule has 1 unspecified atom stereocenters. The zero-order chi connectivity index (χ0) is 14.3. The van der Waals surface area contributed by atoms with Crippen LogP contribution in [-0.4, -0.2) is 30.3 Å². The largest absolute Gasteiger partial charge is 0.484 e. The van der Waals surface area contributed by atoms with Crippen LogP contribution < -0.4 is 10.1 Å². The van der Waals surface area contributed by atoms with Crippen molar-refractivity contribution in [2.75, 3.05) is 13.2 Å². The molecule has 1 rings (SSSR count). The molecule has 0 bridgehead atoms. The number of hydrogen-bond acceptors (Lipinski definition) is 3. The first-order chi connectivity index (χ1) is 9.01. The second kappa shape index (κ2) is 7.79. The number of aliphatic hydroxyl groups excluding tert-OH is 1. The van der Waals surface area contributed by atoms with Gasteiger partial charge in [0.25, 0.3) is 5.91 Å². The van der Waals surface area contributed by atoms with Gasteiger partial charge in [0.15, 0.2) is 6.61 Å². The molecule has 4 nitrogen and oxygen atoms in total. The van der Waals surface area contributed by atoms with Crippen LogP contribution in [-0.2, 0) is 4.79 Å². The van der Waals surface area contributed by atoms with E-state index in [1.165, 1.54) is 0 Å². The van der Waals surface area contributed by atoms with Gasteiger partial charge < -0.3 is 15.2 Å². The van der Waals surface area contributed by atoms with E-state index in [1.807, 2.05) is 31.2 Å². The summed E-state index contributed by atoms with van der Waals surface area (Å²) in [5.74, 6) is 0.899. The minimum absolute atomic E-state index is 0.0297. The lowest BCUT2D eigenvalue weighted by Gasteiger charge is -2.18. The summed E-state index contributed by atoms with van der Waals surface area (Å²) >= 11 is 0. The third kappa shape index (κ3) is 6.25. The van der Waals surface area contributed by atoms with Crippen molar-refractivity contribution in [1.29, 1.82) is 0 Å². The molecule has 106 valence electrons. The molecule has 0 heterocycles. The van der Waals surface area contributed by atoms with E-state index in [0.717, 1.165) is 12.0 Å². The fraction of sp³-hybridized carbons (Fsp3) is 0.533. The lowest BCUT2D eigenvalue weighted by molar-refractivity contribution is -0.124. The second-order valence-corrected chi connectivity index (χ2v) is 5.18. The molecule has 0 saturated carbocycles. The van der Waals surface area contributed by atoms with Gasteiger partial charge in [0, 0.05) is 0 Å². The van der Waals surface area contributed by atoms with Crippen molar-refractivity contribution in [1.82, 2.24) is 5.32 Å². The molecule has 0 aliphatic rings. The number of nitrogens with one attached hydrogen (secondary N) is 1. The maximum absolute atomic E-state index is 11.7. The number of benzene rings is 1. The molecule has 0 fully saturated rings. The summed E-state index contributed by atoms with van der Waals surface area (Å²) in [5.41, 5.74) is 1.09. The molecule has 1 amide bonds. The Hall–Kier alpha value is -1.55. The van der Waals surface area contributed by atoms with E-state index in [0.29, 0.717) is 11.7 Å². The Kier molecular flexibility index (Phi) is 6.36. The predicted molar refractivity (Wildman–Crippen MR) is 75.1 cm³/mol. The number of hydrogen-bond donors (Lipinski definition) is 2. The van der Waals surface area contributed by atoms with Gasteiger partial charge >= 0.3 is 0 Å². The molecule has 0 saturated heterocycles. The molecule has 1 aromatic rings. The number of carbonyl (C=O) groups is 1. The van der Waals surface area contributed by atoms with Crippen molar-refractivity contribution in [3.05, 3.63) is 29.8 Å². The van der Waals surface area contributed by atoms with Crippen molar-refractivity contribution in [3.63, 3.8) is 0 Å². The molecule has 19 heavy (non-hydrogen) atoms. The zero-order valence-corrected chi connectivity index (χ0v) is 11.8. The van der Waals surface area contributed by atoms with Crippen LogP contribution >= 0.6 is 0 Å². The summed E-state index contributed by atoms with van der Waals surface area (Å²) in [7, 11) is 0. The first-order valence-corrected chi connectivity index (χ1v) is 6.61. The van der Waals surface area contributed by atoms with Gasteiger partial charge in [-0.25, -0.2) is 0 Å². The van der Waals surface area contributed by atoms with Crippen molar-refractivity contribution in [2.24, 2.45) is 5.92 Å². The summed E-state index contributed by atoms with van der Waals surface area (Å²) in [6.07, 6.45) is 0.757. The number of amides is 1. The van der Waals surface area contributed by atoms with E-state index >= 15 is 0 Å².